The molecule has 0 N–H and O–H groups in total. The molecular weight excluding hydrogens is 188 g/mol. The van der Waals surface area contributed by atoms with Crippen molar-refractivity contribution in [2.45, 2.75) is 0 Å². The summed E-state index contributed by atoms with van der Waals surface area (Å²) in [6.07, 6.45) is 3.23. The van der Waals surface area contributed by atoms with Crippen molar-refractivity contribution >= 4 is 22.6 Å². The largest absolute Gasteiger partial charge is 0.495 e. The standard InChI is InChI=1S/C9H7ClN2O/c1-13-7-3-2-6-9(8(7)10)12-5-4-11-6/h2-5H,1H3. The number of ether oxygens (including phenoxy) is 1. The van der Waals surface area contributed by atoms with E-state index < -0.39 is 0 Å². The zero-order chi connectivity index (χ0) is 9.26. The molecule has 2 rings (SSSR count). The van der Waals surface area contributed by atoms with E-state index in [9.17, 15) is 0 Å². The van der Waals surface area contributed by atoms with E-state index in [1.807, 2.05) is 6.07 Å². The number of benzene rings is 1. The molecule has 0 aliphatic heterocycles. The first-order valence-electron chi connectivity index (χ1n) is 3.76. The lowest BCUT2D eigenvalue weighted by atomic mass is 10.3. The van der Waals surface area contributed by atoms with E-state index in [1.165, 1.54) is 0 Å². The minimum Gasteiger partial charge on any atom is -0.495 e. The van der Waals surface area contributed by atoms with Crippen LogP contribution in [0.4, 0.5) is 0 Å². The second-order valence-electron chi connectivity index (χ2n) is 2.51. The highest BCUT2D eigenvalue weighted by Crippen LogP contribution is 2.29. The zero-order valence-corrected chi connectivity index (χ0v) is 7.75. The molecule has 1 heterocycles. The molecule has 0 fully saturated rings. The van der Waals surface area contributed by atoms with Gasteiger partial charge >= 0.3 is 0 Å². The van der Waals surface area contributed by atoms with Crippen LogP contribution in [0.3, 0.4) is 0 Å². The smallest absolute Gasteiger partial charge is 0.139 e. The van der Waals surface area contributed by atoms with E-state index in [0.717, 1.165) is 5.52 Å². The molecule has 13 heavy (non-hydrogen) atoms. The SMILES string of the molecule is COc1ccc2nccnc2c1Cl. The summed E-state index contributed by atoms with van der Waals surface area (Å²) in [7, 11) is 1.57. The molecule has 66 valence electrons. The van der Waals surface area contributed by atoms with Crippen molar-refractivity contribution in [2.75, 3.05) is 7.11 Å². The Morgan fingerprint density at radius 3 is 2.77 bits per heavy atom. The topological polar surface area (TPSA) is 35.0 Å². The van der Waals surface area contributed by atoms with Gasteiger partial charge in [-0.1, -0.05) is 11.6 Å². The summed E-state index contributed by atoms with van der Waals surface area (Å²) in [6.45, 7) is 0. The lowest BCUT2D eigenvalue weighted by molar-refractivity contribution is 0.415. The summed E-state index contributed by atoms with van der Waals surface area (Å²) in [5.41, 5.74) is 1.44. The number of aromatic nitrogens is 2. The van der Waals surface area contributed by atoms with Crippen LogP contribution in [0.1, 0.15) is 0 Å². The summed E-state index contributed by atoms with van der Waals surface area (Å²) in [5.74, 6) is 0.620. The van der Waals surface area contributed by atoms with Crippen molar-refractivity contribution in [2.24, 2.45) is 0 Å². The van der Waals surface area contributed by atoms with Crippen LogP contribution in [-0.2, 0) is 0 Å². The Morgan fingerprint density at radius 1 is 1.23 bits per heavy atom. The third kappa shape index (κ3) is 1.31. The number of hydrogen-bond acceptors (Lipinski definition) is 3. The summed E-state index contributed by atoms with van der Waals surface area (Å²) in [6, 6.07) is 3.60. The van der Waals surface area contributed by atoms with Gasteiger partial charge in [0.15, 0.2) is 0 Å². The third-order valence-corrected chi connectivity index (χ3v) is 2.13. The van der Waals surface area contributed by atoms with Crippen LogP contribution in [0.25, 0.3) is 11.0 Å². The lowest BCUT2D eigenvalue weighted by Crippen LogP contribution is -1.88. The van der Waals surface area contributed by atoms with Crippen LogP contribution in [-0.4, -0.2) is 17.1 Å². The van der Waals surface area contributed by atoms with Crippen molar-refractivity contribution in [1.29, 1.82) is 0 Å². The minimum atomic E-state index is 0.508. The maximum atomic E-state index is 6.01. The predicted molar refractivity (Wildman–Crippen MR) is 51.1 cm³/mol. The summed E-state index contributed by atoms with van der Waals surface area (Å²) < 4.78 is 5.05. The van der Waals surface area contributed by atoms with Crippen molar-refractivity contribution in [3.8, 4) is 5.75 Å². The van der Waals surface area contributed by atoms with Gasteiger partial charge in [-0.25, -0.2) is 0 Å². The predicted octanol–water partition coefficient (Wildman–Crippen LogP) is 2.29. The second-order valence-corrected chi connectivity index (χ2v) is 2.88. The monoisotopic (exact) mass is 194 g/mol. The fraction of sp³-hybridized carbons (Fsp3) is 0.111. The fourth-order valence-electron chi connectivity index (χ4n) is 1.14. The number of halogens is 1. The Labute approximate surface area is 80.3 Å². The normalized spacial score (nSPS) is 10.3. The van der Waals surface area contributed by atoms with Gasteiger partial charge in [0.1, 0.15) is 16.3 Å². The summed E-state index contributed by atoms with van der Waals surface area (Å²) in [4.78, 5) is 8.23. The highest BCUT2D eigenvalue weighted by Gasteiger charge is 2.06. The maximum Gasteiger partial charge on any atom is 0.139 e. The van der Waals surface area contributed by atoms with Crippen LogP contribution in [0.5, 0.6) is 5.75 Å². The first kappa shape index (κ1) is 8.26. The van der Waals surface area contributed by atoms with E-state index in [0.29, 0.717) is 16.3 Å². The lowest BCUT2D eigenvalue weighted by Gasteiger charge is -2.03. The van der Waals surface area contributed by atoms with Crippen molar-refractivity contribution in [3.63, 3.8) is 0 Å². The van der Waals surface area contributed by atoms with E-state index in [1.54, 1.807) is 25.6 Å². The average Bonchev–Trinajstić information content (AvgIpc) is 2.19. The zero-order valence-electron chi connectivity index (χ0n) is 6.99. The van der Waals surface area contributed by atoms with Crippen LogP contribution >= 0.6 is 11.6 Å². The number of nitrogens with zero attached hydrogens (tertiary/aromatic N) is 2. The van der Waals surface area contributed by atoms with Crippen molar-refractivity contribution in [1.82, 2.24) is 9.97 Å². The molecule has 0 radical (unpaired) electrons. The maximum absolute atomic E-state index is 6.01. The molecule has 0 saturated carbocycles. The molecule has 0 aliphatic carbocycles. The van der Waals surface area contributed by atoms with Gasteiger partial charge in [0.25, 0.3) is 0 Å². The van der Waals surface area contributed by atoms with Gasteiger partial charge < -0.3 is 4.74 Å². The van der Waals surface area contributed by atoms with Crippen LogP contribution in [0.2, 0.25) is 5.02 Å². The van der Waals surface area contributed by atoms with Crippen LogP contribution in [0.15, 0.2) is 24.5 Å². The first-order valence-corrected chi connectivity index (χ1v) is 4.14. The van der Waals surface area contributed by atoms with Crippen molar-refractivity contribution < 1.29 is 4.74 Å². The number of methoxy groups -OCH3 is 1. The summed E-state index contributed by atoms with van der Waals surface area (Å²) in [5, 5.41) is 0.508. The fourth-order valence-corrected chi connectivity index (χ4v) is 1.43. The summed E-state index contributed by atoms with van der Waals surface area (Å²) >= 11 is 6.01. The van der Waals surface area contributed by atoms with E-state index in [4.69, 9.17) is 16.3 Å². The molecular formula is C9H7ClN2O. The Bertz CT molecular complexity index is 445. The Kier molecular flexibility index (Phi) is 2.02. The molecule has 0 amide bonds. The first-order chi connectivity index (χ1) is 6.33. The molecule has 0 atom stereocenters. The number of fused-ring (bicyclic) bond motifs is 1. The number of rotatable bonds is 1. The Morgan fingerprint density at radius 2 is 2.00 bits per heavy atom. The van der Waals surface area contributed by atoms with E-state index in [2.05, 4.69) is 9.97 Å². The average molecular weight is 195 g/mol. The van der Waals surface area contributed by atoms with Gasteiger partial charge in [0.2, 0.25) is 0 Å². The molecule has 0 spiro atoms. The molecule has 1 aromatic carbocycles. The molecule has 1 aromatic heterocycles. The van der Waals surface area contributed by atoms with Gasteiger partial charge in [-0.05, 0) is 12.1 Å². The third-order valence-electron chi connectivity index (χ3n) is 1.76. The van der Waals surface area contributed by atoms with E-state index >= 15 is 0 Å². The quantitative estimate of drug-likeness (QED) is 0.699. The molecule has 0 unspecified atom stereocenters. The molecule has 3 nitrogen and oxygen atoms in total. The van der Waals surface area contributed by atoms with Gasteiger partial charge in [0.05, 0.1) is 12.6 Å². The molecule has 2 aromatic rings. The van der Waals surface area contributed by atoms with Gasteiger partial charge in [-0.15, -0.1) is 0 Å². The van der Waals surface area contributed by atoms with E-state index in [-0.39, 0.29) is 0 Å². The minimum absolute atomic E-state index is 0.508. The van der Waals surface area contributed by atoms with Gasteiger partial charge in [-0.3, -0.25) is 9.97 Å². The second kappa shape index (κ2) is 3.18. The van der Waals surface area contributed by atoms with Crippen LogP contribution in [0, 0.1) is 0 Å². The molecule has 4 heteroatoms. The Balaban J connectivity index is 2.79. The Hall–Kier alpha value is -1.35. The van der Waals surface area contributed by atoms with Gasteiger partial charge in [-0.2, -0.15) is 0 Å². The molecule has 0 aliphatic rings. The highest BCUT2D eigenvalue weighted by molar-refractivity contribution is 6.36. The van der Waals surface area contributed by atoms with Crippen molar-refractivity contribution in [3.05, 3.63) is 29.5 Å². The highest BCUT2D eigenvalue weighted by atomic mass is 35.5. The molecule has 0 saturated heterocycles. The number of hydrogen-bond donors (Lipinski definition) is 0. The molecule has 0 bridgehead atoms. The van der Waals surface area contributed by atoms with Gasteiger partial charge in [0, 0.05) is 12.4 Å². The van der Waals surface area contributed by atoms with Crippen LogP contribution < -0.4 is 4.74 Å².